The van der Waals surface area contributed by atoms with Gasteiger partial charge >= 0.3 is 5.97 Å². The number of hydrogen-bond donors (Lipinski definition) is 1. The number of carbonyl (C=O) groups excluding carboxylic acids is 1. The van der Waals surface area contributed by atoms with Crippen molar-refractivity contribution in [1.29, 1.82) is 0 Å². The first-order valence-electron chi connectivity index (χ1n) is 14.4. The number of nitrogens with one attached hydrogen (secondary N) is 1. The number of anilines is 2. The van der Waals surface area contributed by atoms with E-state index in [4.69, 9.17) is 9.47 Å². The minimum absolute atomic E-state index is 0.00619. The summed E-state index contributed by atoms with van der Waals surface area (Å²) < 4.78 is 40.2. The molecule has 1 fully saturated rings. The number of hydrogen-bond acceptors (Lipinski definition) is 9. The Hall–Kier alpha value is -4.52. The molecule has 1 aliphatic heterocycles. The Morgan fingerprint density at radius 3 is 2.45 bits per heavy atom. The first kappa shape index (κ1) is 32.4. The number of ether oxygens (including phenoxy) is 2. The molecule has 1 atom stereocenters. The molecule has 0 unspecified atom stereocenters. The third kappa shape index (κ3) is 7.70. The number of rotatable bonds is 12. The first-order valence-corrected chi connectivity index (χ1v) is 14.4. The number of carbonyl (C=O) groups is 1. The van der Waals surface area contributed by atoms with Crippen LogP contribution in [0.5, 0.6) is 5.75 Å². The van der Waals surface area contributed by atoms with Gasteiger partial charge in [-0.1, -0.05) is 6.92 Å². The molecule has 0 saturated carbocycles. The van der Waals surface area contributed by atoms with Gasteiger partial charge in [0.2, 0.25) is 0 Å². The smallest absolute Gasteiger partial charge is 0.339 e. The third-order valence-corrected chi connectivity index (χ3v) is 7.70. The summed E-state index contributed by atoms with van der Waals surface area (Å²) in [5.41, 5.74) is 0.902. The molecular formula is C31H37F2N5O6. The van der Waals surface area contributed by atoms with Crippen molar-refractivity contribution >= 4 is 23.0 Å². The summed E-state index contributed by atoms with van der Waals surface area (Å²) >= 11 is 0. The highest BCUT2D eigenvalue weighted by molar-refractivity contribution is 5.90. The van der Waals surface area contributed by atoms with Gasteiger partial charge in [-0.3, -0.25) is 14.9 Å². The van der Waals surface area contributed by atoms with Gasteiger partial charge in [-0.05, 0) is 50.1 Å². The quantitative estimate of drug-likeness (QED) is 0.134. The number of benzene rings is 2. The number of nitrogens with zero attached hydrogens (tertiary/aromatic N) is 4. The molecule has 2 heterocycles. The Morgan fingerprint density at radius 2 is 1.77 bits per heavy atom. The van der Waals surface area contributed by atoms with Crippen LogP contribution in [0.15, 0.2) is 47.4 Å². The van der Waals surface area contributed by atoms with E-state index >= 15 is 0 Å². The Balaban J connectivity index is 1.40. The average molecular weight is 614 g/mol. The Morgan fingerprint density at radius 1 is 1.07 bits per heavy atom. The number of halogens is 2. The molecule has 0 spiro atoms. The van der Waals surface area contributed by atoms with E-state index < -0.39 is 28.1 Å². The van der Waals surface area contributed by atoms with E-state index in [-0.39, 0.29) is 40.7 Å². The zero-order valence-corrected chi connectivity index (χ0v) is 25.3. The van der Waals surface area contributed by atoms with E-state index in [0.29, 0.717) is 25.1 Å². The number of aromatic nitrogens is 1. The molecule has 1 aliphatic rings. The van der Waals surface area contributed by atoms with Crippen LogP contribution >= 0.6 is 0 Å². The molecule has 3 aromatic rings. The number of likely N-dealkylation sites (N-methyl/N-ethyl adjacent to an activating group) is 1. The Kier molecular flexibility index (Phi) is 10.5. The minimum atomic E-state index is -1.16. The molecular weight excluding hydrogens is 576 g/mol. The number of piperazine rings is 1. The predicted octanol–water partition coefficient (Wildman–Crippen LogP) is 4.68. The molecule has 2 aromatic carbocycles. The fourth-order valence-corrected chi connectivity index (χ4v) is 5.08. The van der Waals surface area contributed by atoms with Gasteiger partial charge in [-0.15, -0.1) is 0 Å². The lowest BCUT2D eigenvalue weighted by atomic mass is 10.0. The van der Waals surface area contributed by atoms with Crippen LogP contribution < -0.4 is 20.5 Å². The zero-order valence-electron chi connectivity index (χ0n) is 25.3. The van der Waals surface area contributed by atoms with Gasteiger partial charge in [0.25, 0.3) is 11.2 Å². The van der Waals surface area contributed by atoms with Crippen molar-refractivity contribution < 1.29 is 28.0 Å². The molecule has 1 N–H and O–H groups in total. The van der Waals surface area contributed by atoms with Crippen molar-refractivity contribution in [1.82, 2.24) is 9.47 Å². The van der Waals surface area contributed by atoms with Gasteiger partial charge in [0.05, 0.1) is 29.8 Å². The lowest BCUT2D eigenvalue weighted by Gasteiger charge is -2.34. The maximum Gasteiger partial charge on any atom is 0.339 e. The van der Waals surface area contributed by atoms with E-state index in [2.05, 4.69) is 22.2 Å². The van der Waals surface area contributed by atoms with E-state index in [1.54, 1.807) is 6.07 Å². The number of methoxy groups -OCH3 is 1. The van der Waals surface area contributed by atoms with Crippen LogP contribution in [0.2, 0.25) is 0 Å². The SMILES string of the molecule is COC(=O)c1cc(-c2cc(F)c(F)cc2OCCC[C@@H](C)CNc2cc(N3CCN(C)CC3)ccc2[N+](=O)[O-])c(=O)n(C)c1. The third-order valence-electron chi connectivity index (χ3n) is 7.70. The Labute approximate surface area is 254 Å². The molecule has 236 valence electrons. The zero-order chi connectivity index (χ0) is 32.0. The second kappa shape index (κ2) is 14.3. The molecule has 1 aromatic heterocycles. The lowest BCUT2D eigenvalue weighted by Crippen LogP contribution is -2.44. The van der Waals surface area contributed by atoms with Crippen molar-refractivity contribution in [3.8, 4) is 16.9 Å². The van der Waals surface area contributed by atoms with Gasteiger partial charge in [-0.25, -0.2) is 13.6 Å². The predicted molar refractivity (Wildman–Crippen MR) is 164 cm³/mol. The largest absolute Gasteiger partial charge is 0.493 e. The van der Waals surface area contributed by atoms with Crippen LogP contribution in [-0.2, 0) is 11.8 Å². The van der Waals surface area contributed by atoms with Crippen molar-refractivity contribution in [2.24, 2.45) is 13.0 Å². The Bertz CT molecular complexity index is 1570. The van der Waals surface area contributed by atoms with Crippen LogP contribution in [0.4, 0.5) is 25.8 Å². The van der Waals surface area contributed by atoms with E-state index in [1.165, 1.54) is 32.5 Å². The minimum Gasteiger partial charge on any atom is -0.493 e. The van der Waals surface area contributed by atoms with Gasteiger partial charge < -0.3 is 29.2 Å². The van der Waals surface area contributed by atoms with Crippen molar-refractivity contribution in [3.63, 3.8) is 0 Å². The van der Waals surface area contributed by atoms with Crippen LogP contribution in [0.25, 0.3) is 11.1 Å². The number of nitro groups is 1. The van der Waals surface area contributed by atoms with Crippen LogP contribution in [0.1, 0.15) is 30.1 Å². The highest BCUT2D eigenvalue weighted by Gasteiger charge is 2.21. The maximum atomic E-state index is 14.3. The summed E-state index contributed by atoms with van der Waals surface area (Å²) in [6, 6.07) is 8.15. The number of nitro benzene ring substituents is 1. The van der Waals surface area contributed by atoms with E-state index in [0.717, 1.165) is 48.6 Å². The van der Waals surface area contributed by atoms with Gasteiger partial charge in [0, 0.05) is 69.4 Å². The van der Waals surface area contributed by atoms with Gasteiger partial charge in [0.1, 0.15) is 11.4 Å². The first-order chi connectivity index (χ1) is 21.0. The molecule has 0 radical (unpaired) electrons. The van der Waals surface area contributed by atoms with Crippen molar-refractivity contribution in [3.05, 3.63) is 80.3 Å². The fourth-order valence-electron chi connectivity index (χ4n) is 5.08. The summed E-state index contributed by atoms with van der Waals surface area (Å²) in [5, 5.41) is 14.9. The standard InChI is InChI=1S/C31H37F2N5O6/c1-20(18-34-27-15-22(7-8-28(27)38(41)42)37-11-9-35(2)10-12-37)6-5-13-44-29-17-26(33)25(32)16-23(29)24-14-21(31(40)43-4)19-36(3)30(24)39/h7-8,14-17,19-20,34H,5-6,9-13,18H2,1-4H3/t20-/m1/s1. The van der Waals surface area contributed by atoms with Crippen molar-refractivity contribution in [2.45, 2.75) is 19.8 Å². The summed E-state index contributed by atoms with van der Waals surface area (Å²) in [5.74, 6) is -2.93. The van der Waals surface area contributed by atoms with Crippen LogP contribution in [0, 0.1) is 27.7 Å². The molecule has 11 nitrogen and oxygen atoms in total. The lowest BCUT2D eigenvalue weighted by molar-refractivity contribution is -0.383. The molecule has 1 saturated heterocycles. The van der Waals surface area contributed by atoms with Crippen molar-refractivity contribution in [2.75, 3.05) is 63.7 Å². The molecule has 0 bridgehead atoms. The van der Waals surface area contributed by atoms with Crippen LogP contribution in [0.3, 0.4) is 0 Å². The summed E-state index contributed by atoms with van der Waals surface area (Å²) in [4.78, 5) is 40.7. The second-order valence-electron chi connectivity index (χ2n) is 11.0. The van der Waals surface area contributed by atoms with Crippen LogP contribution in [-0.4, -0.2) is 73.8 Å². The summed E-state index contributed by atoms with van der Waals surface area (Å²) in [7, 11) is 4.70. The molecule has 0 aliphatic carbocycles. The molecule has 13 heteroatoms. The highest BCUT2D eigenvalue weighted by atomic mass is 19.2. The summed E-state index contributed by atoms with van der Waals surface area (Å²) in [6.07, 6.45) is 2.49. The van der Waals surface area contributed by atoms with E-state index in [1.807, 2.05) is 13.0 Å². The monoisotopic (exact) mass is 613 g/mol. The molecule has 4 rings (SSSR count). The van der Waals surface area contributed by atoms with Gasteiger partial charge in [-0.2, -0.15) is 0 Å². The summed E-state index contributed by atoms with van der Waals surface area (Å²) in [6.45, 7) is 6.12. The van der Waals surface area contributed by atoms with E-state index in [9.17, 15) is 28.5 Å². The van der Waals surface area contributed by atoms with Gasteiger partial charge in [0.15, 0.2) is 11.6 Å². The topological polar surface area (TPSA) is 119 Å². The normalized spacial score (nSPS) is 14.3. The number of aryl methyl sites for hydroxylation is 1. The number of pyridine rings is 1. The fraction of sp³-hybridized carbons (Fsp3) is 0.419. The maximum absolute atomic E-state index is 14.3. The second-order valence-corrected chi connectivity index (χ2v) is 11.0. The molecule has 0 amide bonds. The number of esters is 1. The molecule has 44 heavy (non-hydrogen) atoms. The average Bonchev–Trinajstić information content (AvgIpc) is 3.00. The highest BCUT2D eigenvalue weighted by Crippen LogP contribution is 2.32.